The van der Waals surface area contributed by atoms with E-state index in [2.05, 4.69) is 5.32 Å². The van der Waals surface area contributed by atoms with Gasteiger partial charge < -0.3 is 10.4 Å². The Hall–Kier alpha value is -2.10. The van der Waals surface area contributed by atoms with Crippen molar-refractivity contribution in [2.75, 3.05) is 5.32 Å². The Morgan fingerprint density at radius 1 is 1.40 bits per heavy atom. The number of nitrogens with one attached hydrogen (secondary N) is 1. The Balaban J connectivity index is 2.04. The second-order valence-corrected chi connectivity index (χ2v) is 5.36. The Kier molecular flexibility index (Phi) is 4.23. The molecule has 0 heterocycles. The highest BCUT2D eigenvalue weighted by molar-refractivity contribution is 5.93. The minimum Gasteiger partial charge on any atom is -0.478 e. The van der Waals surface area contributed by atoms with Crippen LogP contribution in [0.4, 0.5) is 5.69 Å². The predicted octanol–water partition coefficient (Wildman–Crippen LogP) is 3.08. The van der Waals surface area contributed by atoms with Gasteiger partial charge in [0.1, 0.15) is 0 Å². The average molecular weight is 273 g/mol. The van der Waals surface area contributed by atoms with Crippen molar-refractivity contribution in [1.29, 1.82) is 0 Å². The predicted molar refractivity (Wildman–Crippen MR) is 78.4 cm³/mol. The number of carboxylic acids is 1. The summed E-state index contributed by atoms with van der Waals surface area (Å²) in [5.74, 6) is -0.323. The van der Waals surface area contributed by atoms with Crippen LogP contribution in [0, 0.1) is 18.8 Å². The van der Waals surface area contributed by atoms with E-state index in [1.807, 2.05) is 26.0 Å². The molecule has 2 rings (SSSR count). The highest BCUT2D eigenvalue weighted by Gasteiger charge is 2.32. The van der Waals surface area contributed by atoms with Crippen molar-refractivity contribution in [1.82, 2.24) is 0 Å². The number of anilines is 1. The fourth-order valence-corrected chi connectivity index (χ4v) is 2.17. The van der Waals surface area contributed by atoms with Gasteiger partial charge in [-0.3, -0.25) is 4.79 Å². The van der Waals surface area contributed by atoms with Crippen molar-refractivity contribution in [3.63, 3.8) is 0 Å². The van der Waals surface area contributed by atoms with Crippen LogP contribution in [-0.4, -0.2) is 17.0 Å². The fraction of sp³-hybridized carbons (Fsp3) is 0.375. The van der Waals surface area contributed by atoms with E-state index >= 15 is 0 Å². The molecule has 1 aliphatic carbocycles. The first-order chi connectivity index (χ1) is 9.47. The summed E-state index contributed by atoms with van der Waals surface area (Å²) < 4.78 is 0. The van der Waals surface area contributed by atoms with E-state index in [0.29, 0.717) is 5.92 Å². The Morgan fingerprint density at radius 2 is 2.10 bits per heavy atom. The van der Waals surface area contributed by atoms with E-state index in [4.69, 9.17) is 5.11 Å². The van der Waals surface area contributed by atoms with Crippen LogP contribution in [-0.2, 0) is 9.59 Å². The second-order valence-electron chi connectivity index (χ2n) is 5.36. The molecule has 0 aliphatic heterocycles. The molecule has 1 amide bonds. The highest BCUT2D eigenvalue weighted by Crippen LogP contribution is 2.37. The van der Waals surface area contributed by atoms with E-state index in [1.54, 1.807) is 12.1 Å². The number of hydrogen-bond acceptors (Lipinski definition) is 2. The van der Waals surface area contributed by atoms with Crippen LogP contribution in [0.15, 0.2) is 24.3 Å². The summed E-state index contributed by atoms with van der Waals surface area (Å²) in [4.78, 5) is 22.5. The third-order valence-corrected chi connectivity index (χ3v) is 3.69. The molecule has 0 bridgehead atoms. The topological polar surface area (TPSA) is 66.4 Å². The number of carbonyl (C=O) groups is 2. The molecule has 4 nitrogen and oxygen atoms in total. The molecule has 20 heavy (non-hydrogen) atoms. The SMILES string of the molecule is Cc1cc(NC(=O)C(C)C2CC2)ccc1/C=C/C(=O)O. The summed E-state index contributed by atoms with van der Waals surface area (Å²) in [7, 11) is 0. The normalized spacial score (nSPS) is 16.1. The van der Waals surface area contributed by atoms with Gasteiger partial charge in [-0.05, 0) is 55.0 Å². The van der Waals surface area contributed by atoms with Crippen LogP contribution in [0.25, 0.3) is 6.08 Å². The van der Waals surface area contributed by atoms with E-state index in [-0.39, 0.29) is 11.8 Å². The maximum atomic E-state index is 12.0. The molecule has 1 atom stereocenters. The first kappa shape index (κ1) is 14.3. The fourth-order valence-electron chi connectivity index (χ4n) is 2.17. The van der Waals surface area contributed by atoms with Gasteiger partial charge in [-0.1, -0.05) is 13.0 Å². The summed E-state index contributed by atoms with van der Waals surface area (Å²) in [6.07, 6.45) is 4.95. The molecule has 4 heteroatoms. The van der Waals surface area contributed by atoms with Crippen LogP contribution < -0.4 is 5.32 Å². The van der Waals surface area contributed by atoms with Gasteiger partial charge in [-0.25, -0.2) is 4.79 Å². The number of carbonyl (C=O) groups excluding carboxylic acids is 1. The minimum atomic E-state index is -0.972. The standard InChI is InChI=1S/C16H19NO3/c1-10-9-14(7-5-12(10)6-8-15(18)19)17-16(20)11(2)13-3-4-13/h5-9,11,13H,3-4H2,1-2H3,(H,17,20)(H,18,19)/b8-6+. The van der Waals surface area contributed by atoms with Gasteiger partial charge in [0.15, 0.2) is 0 Å². The first-order valence-electron chi connectivity index (χ1n) is 6.80. The van der Waals surface area contributed by atoms with Crippen LogP contribution in [0.5, 0.6) is 0 Å². The van der Waals surface area contributed by atoms with Crippen molar-refractivity contribution in [2.45, 2.75) is 26.7 Å². The molecular formula is C16H19NO3. The maximum Gasteiger partial charge on any atom is 0.328 e. The van der Waals surface area contributed by atoms with Crippen molar-refractivity contribution in [2.24, 2.45) is 11.8 Å². The summed E-state index contributed by atoms with van der Waals surface area (Å²) in [6, 6.07) is 5.47. The monoisotopic (exact) mass is 273 g/mol. The van der Waals surface area contributed by atoms with Crippen molar-refractivity contribution in [3.8, 4) is 0 Å². The Labute approximate surface area is 118 Å². The highest BCUT2D eigenvalue weighted by atomic mass is 16.4. The van der Waals surface area contributed by atoms with Gasteiger partial charge >= 0.3 is 5.97 Å². The molecule has 1 fully saturated rings. The van der Waals surface area contributed by atoms with Crippen LogP contribution in [0.2, 0.25) is 0 Å². The van der Waals surface area contributed by atoms with Crippen LogP contribution >= 0.6 is 0 Å². The lowest BCUT2D eigenvalue weighted by atomic mass is 10.0. The zero-order valence-corrected chi connectivity index (χ0v) is 11.7. The number of rotatable bonds is 5. The lowest BCUT2D eigenvalue weighted by Crippen LogP contribution is -2.21. The van der Waals surface area contributed by atoms with E-state index in [0.717, 1.165) is 35.7 Å². The average Bonchev–Trinajstić information content (AvgIpc) is 3.20. The zero-order valence-electron chi connectivity index (χ0n) is 11.7. The lowest BCUT2D eigenvalue weighted by Gasteiger charge is -2.12. The minimum absolute atomic E-state index is 0.0562. The Bertz CT molecular complexity index is 559. The van der Waals surface area contributed by atoms with Crippen molar-refractivity contribution < 1.29 is 14.7 Å². The number of aryl methyl sites for hydroxylation is 1. The van der Waals surface area contributed by atoms with Gasteiger partial charge in [0.2, 0.25) is 5.91 Å². The van der Waals surface area contributed by atoms with E-state index < -0.39 is 5.97 Å². The summed E-state index contributed by atoms with van der Waals surface area (Å²) in [5.41, 5.74) is 2.52. The van der Waals surface area contributed by atoms with Gasteiger partial charge in [0.05, 0.1) is 0 Å². The quantitative estimate of drug-likeness (QED) is 0.810. The first-order valence-corrected chi connectivity index (χ1v) is 6.80. The number of aliphatic carboxylic acids is 1. The largest absolute Gasteiger partial charge is 0.478 e. The van der Waals surface area contributed by atoms with Gasteiger partial charge in [0.25, 0.3) is 0 Å². The molecule has 106 valence electrons. The van der Waals surface area contributed by atoms with Crippen molar-refractivity contribution in [3.05, 3.63) is 35.4 Å². The maximum absolute atomic E-state index is 12.0. The molecule has 1 saturated carbocycles. The molecular weight excluding hydrogens is 254 g/mol. The lowest BCUT2D eigenvalue weighted by molar-refractivity contribution is -0.131. The number of benzene rings is 1. The second kappa shape index (κ2) is 5.90. The van der Waals surface area contributed by atoms with E-state index in [1.165, 1.54) is 0 Å². The summed E-state index contributed by atoms with van der Waals surface area (Å²) >= 11 is 0. The number of carboxylic acid groups (broad SMARTS) is 1. The van der Waals surface area contributed by atoms with E-state index in [9.17, 15) is 9.59 Å². The number of amides is 1. The van der Waals surface area contributed by atoms with Crippen LogP contribution in [0.3, 0.4) is 0 Å². The van der Waals surface area contributed by atoms with Crippen LogP contribution in [0.1, 0.15) is 30.9 Å². The molecule has 0 radical (unpaired) electrons. The molecule has 1 unspecified atom stereocenters. The smallest absolute Gasteiger partial charge is 0.328 e. The summed E-state index contributed by atoms with van der Waals surface area (Å²) in [6.45, 7) is 3.85. The molecule has 0 aromatic heterocycles. The molecule has 0 saturated heterocycles. The van der Waals surface area contributed by atoms with Gasteiger partial charge in [-0.2, -0.15) is 0 Å². The third kappa shape index (κ3) is 3.70. The Morgan fingerprint density at radius 3 is 2.65 bits per heavy atom. The van der Waals surface area contributed by atoms with Gasteiger partial charge in [-0.15, -0.1) is 0 Å². The molecule has 1 aromatic rings. The third-order valence-electron chi connectivity index (χ3n) is 3.69. The van der Waals surface area contributed by atoms with Gasteiger partial charge in [0, 0.05) is 17.7 Å². The number of hydrogen-bond donors (Lipinski definition) is 2. The zero-order chi connectivity index (χ0) is 14.7. The summed E-state index contributed by atoms with van der Waals surface area (Å²) in [5, 5.41) is 11.5. The molecule has 2 N–H and O–H groups in total. The van der Waals surface area contributed by atoms with Crippen molar-refractivity contribution >= 4 is 23.6 Å². The molecule has 0 spiro atoms. The molecule has 1 aromatic carbocycles. The molecule has 1 aliphatic rings.